The first kappa shape index (κ1) is 15.8. The van der Waals surface area contributed by atoms with Crippen LogP contribution >= 0.6 is 28.3 Å². The maximum Gasteiger partial charge on any atom is 0.224 e. The minimum absolute atomic E-state index is 0. The lowest BCUT2D eigenvalue weighted by molar-refractivity contribution is -0.123. The van der Waals surface area contributed by atoms with Gasteiger partial charge >= 0.3 is 0 Å². The number of hydrogen-bond donors (Lipinski definition) is 2. The molecule has 3 rings (SSSR count). The van der Waals surface area contributed by atoms with Crippen LogP contribution in [-0.2, 0) is 4.79 Å². The maximum atomic E-state index is 12.2. The fourth-order valence-corrected chi connectivity index (χ4v) is 3.29. The first-order valence-corrected chi connectivity index (χ1v) is 7.80. The molecule has 2 unspecified atom stereocenters. The van der Waals surface area contributed by atoms with Gasteiger partial charge in [0.15, 0.2) is 0 Å². The molecule has 1 saturated heterocycles. The van der Waals surface area contributed by atoms with E-state index in [1.807, 2.05) is 12.1 Å². The molecule has 0 spiro atoms. The van der Waals surface area contributed by atoms with Crippen molar-refractivity contribution in [3.63, 3.8) is 0 Å². The molecule has 1 heterocycles. The molecule has 3 atom stereocenters. The summed E-state index contributed by atoms with van der Waals surface area (Å²) in [6, 6.07) is 8.63. The van der Waals surface area contributed by atoms with Crippen molar-refractivity contribution < 1.29 is 4.79 Å². The van der Waals surface area contributed by atoms with Crippen molar-refractivity contribution in [3.8, 4) is 0 Å². The Morgan fingerprint density at radius 2 is 2.25 bits per heavy atom. The van der Waals surface area contributed by atoms with E-state index >= 15 is 0 Å². The van der Waals surface area contributed by atoms with Gasteiger partial charge in [-0.3, -0.25) is 4.79 Å². The van der Waals surface area contributed by atoms with Gasteiger partial charge in [0, 0.05) is 23.0 Å². The summed E-state index contributed by atoms with van der Waals surface area (Å²) in [5.41, 5.74) is 1.27. The second-order valence-electron chi connectivity index (χ2n) is 5.56. The summed E-state index contributed by atoms with van der Waals surface area (Å²) in [4.78, 5) is 12.2. The van der Waals surface area contributed by atoms with E-state index < -0.39 is 0 Å². The largest absolute Gasteiger partial charge is 0.352 e. The monoisotopic (exact) mass is 358 g/mol. The lowest BCUT2D eigenvalue weighted by Gasteiger charge is -2.23. The molecule has 2 aliphatic rings. The molecule has 0 bridgehead atoms. The molecule has 1 aliphatic carbocycles. The van der Waals surface area contributed by atoms with Crippen molar-refractivity contribution in [2.45, 2.75) is 31.2 Å². The number of nitrogens with one attached hydrogen (secondary N) is 2. The predicted molar refractivity (Wildman–Crippen MR) is 86.3 cm³/mol. The fraction of sp³-hybridized carbons (Fsp3) is 0.533. The van der Waals surface area contributed by atoms with Crippen molar-refractivity contribution in [1.82, 2.24) is 10.6 Å². The summed E-state index contributed by atoms with van der Waals surface area (Å²) in [5.74, 6) is 0.823. The minimum Gasteiger partial charge on any atom is -0.352 e. The van der Waals surface area contributed by atoms with E-state index in [0.717, 1.165) is 36.8 Å². The standard InChI is InChI=1S/C15H19BrN2O.ClH/c16-11-4-1-3-10(7-11)13-8-14(13)15(19)18-12-5-2-6-17-9-12;/h1,3-4,7,12-14,17H,2,5-6,8-9H2,(H,18,19);1H/t12-,13?,14?;/m0./s1. The van der Waals surface area contributed by atoms with Gasteiger partial charge in [0.05, 0.1) is 0 Å². The van der Waals surface area contributed by atoms with Crippen molar-refractivity contribution in [2.24, 2.45) is 5.92 Å². The molecular formula is C15H20BrClN2O. The Labute approximate surface area is 134 Å². The number of carbonyl (C=O) groups is 1. The average molecular weight is 360 g/mol. The molecule has 1 aliphatic heterocycles. The number of piperidine rings is 1. The molecular weight excluding hydrogens is 340 g/mol. The summed E-state index contributed by atoms with van der Waals surface area (Å²) >= 11 is 3.49. The molecule has 20 heavy (non-hydrogen) atoms. The van der Waals surface area contributed by atoms with Gasteiger partial charge < -0.3 is 10.6 Å². The highest BCUT2D eigenvalue weighted by molar-refractivity contribution is 9.10. The van der Waals surface area contributed by atoms with Crippen LogP contribution in [0.15, 0.2) is 28.7 Å². The van der Waals surface area contributed by atoms with Crippen LogP contribution in [-0.4, -0.2) is 25.0 Å². The quantitative estimate of drug-likeness (QED) is 0.871. The molecule has 1 aromatic rings. The predicted octanol–water partition coefficient (Wildman–Crippen LogP) is 2.84. The summed E-state index contributed by atoms with van der Waals surface area (Å²) in [6.45, 7) is 2.00. The van der Waals surface area contributed by atoms with E-state index in [-0.39, 0.29) is 24.2 Å². The number of benzene rings is 1. The number of amides is 1. The smallest absolute Gasteiger partial charge is 0.224 e. The first-order chi connectivity index (χ1) is 9.24. The zero-order valence-corrected chi connectivity index (χ0v) is 13.7. The van der Waals surface area contributed by atoms with Gasteiger partial charge in [0.25, 0.3) is 0 Å². The number of carbonyl (C=O) groups excluding carboxylic acids is 1. The van der Waals surface area contributed by atoms with Crippen molar-refractivity contribution in [1.29, 1.82) is 0 Å². The van der Waals surface area contributed by atoms with Crippen LogP contribution in [0, 0.1) is 5.92 Å². The molecule has 1 saturated carbocycles. The lowest BCUT2D eigenvalue weighted by atomic mass is 10.1. The summed E-state index contributed by atoms with van der Waals surface area (Å²) in [5, 5.41) is 6.51. The number of hydrogen-bond acceptors (Lipinski definition) is 2. The SMILES string of the molecule is Cl.O=C(N[C@H]1CCCNC1)C1CC1c1cccc(Br)c1. The van der Waals surface area contributed by atoms with Gasteiger partial charge in [-0.25, -0.2) is 0 Å². The van der Waals surface area contributed by atoms with Crippen LogP contribution in [0.5, 0.6) is 0 Å². The molecule has 2 fully saturated rings. The van der Waals surface area contributed by atoms with Gasteiger partial charge in [-0.2, -0.15) is 0 Å². The zero-order chi connectivity index (χ0) is 13.2. The third-order valence-electron chi connectivity index (χ3n) is 4.05. The molecule has 2 N–H and O–H groups in total. The third kappa shape index (κ3) is 3.74. The average Bonchev–Trinajstić information content (AvgIpc) is 3.20. The van der Waals surface area contributed by atoms with E-state index in [2.05, 4.69) is 38.7 Å². The highest BCUT2D eigenvalue weighted by atomic mass is 79.9. The van der Waals surface area contributed by atoms with E-state index in [0.29, 0.717) is 12.0 Å². The Morgan fingerprint density at radius 3 is 2.95 bits per heavy atom. The molecule has 0 aromatic heterocycles. The summed E-state index contributed by atoms with van der Waals surface area (Å²) in [6.07, 6.45) is 3.25. The lowest BCUT2D eigenvalue weighted by Crippen LogP contribution is -2.46. The number of rotatable bonds is 3. The third-order valence-corrected chi connectivity index (χ3v) is 4.54. The van der Waals surface area contributed by atoms with E-state index in [1.54, 1.807) is 0 Å². The van der Waals surface area contributed by atoms with Gasteiger partial charge in [-0.05, 0) is 49.4 Å². The van der Waals surface area contributed by atoms with Crippen molar-refractivity contribution >= 4 is 34.2 Å². The van der Waals surface area contributed by atoms with E-state index in [1.165, 1.54) is 5.56 Å². The van der Waals surface area contributed by atoms with Crippen LogP contribution in [0.2, 0.25) is 0 Å². The first-order valence-electron chi connectivity index (χ1n) is 7.00. The van der Waals surface area contributed by atoms with Crippen LogP contribution in [0.25, 0.3) is 0 Å². The fourth-order valence-electron chi connectivity index (χ4n) is 2.87. The molecule has 3 nitrogen and oxygen atoms in total. The van der Waals surface area contributed by atoms with Crippen LogP contribution in [0.1, 0.15) is 30.7 Å². The van der Waals surface area contributed by atoms with Gasteiger partial charge in [0.2, 0.25) is 5.91 Å². The van der Waals surface area contributed by atoms with Crippen molar-refractivity contribution in [2.75, 3.05) is 13.1 Å². The Balaban J connectivity index is 0.00000147. The van der Waals surface area contributed by atoms with Gasteiger partial charge in [-0.15, -0.1) is 12.4 Å². The Bertz CT molecular complexity index is 477. The van der Waals surface area contributed by atoms with Crippen LogP contribution in [0.3, 0.4) is 0 Å². The maximum absolute atomic E-state index is 12.2. The molecule has 5 heteroatoms. The van der Waals surface area contributed by atoms with Gasteiger partial charge in [-0.1, -0.05) is 28.1 Å². The molecule has 1 aromatic carbocycles. The normalized spacial score (nSPS) is 28.4. The van der Waals surface area contributed by atoms with Crippen molar-refractivity contribution in [3.05, 3.63) is 34.3 Å². The second-order valence-corrected chi connectivity index (χ2v) is 6.47. The second kappa shape index (κ2) is 6.92. The topological polar surface area (TPSA) is 41.1 Å². The van der Waals surface area contributed by atoms with Crippen LogP contribution in [0.4, 0.5) is 0 Å². The summed E-state index contributed by atoms with van der Waals surface area (Å²) < 4.78 is 1.09. The molecule has 0 radical (unpaired) electrons. The highest BCUT2D eigenvalue weighted by Gasteiger charge is 2.44. The molecule has 1 amide bonds. The Hall–Kier alpha value is -0.580. The van der Waals surface area contributed by atoms with Crippen LogP contribution < -0.4 is 10.6 Å². The van der Waals surface area contributed by atoms with E-state index in [9.17, 15) is 4.79 Å². The Morgan fingerprint density at radius 1 is 1.40 bits per heavy atom. The van der Waals surface area contributed by atoms with Gasteiger partial charge in [0.1, 0.15) is 0 Å². The van der Waals surface area contributed by atoms with E-state index in [4.69, 9.17) is 0 Å². The minimum atomic E-state index is 0. The summed E-state index contributed by atoms with van der Waals surface area (Å²) in [7, 11) is 0. The Kier molecular flexibility index (Phi) is 5.47. The number of halogens is 2. The highest BCUT2D eigenvalue weighted by Crippen LogP contribution is 2.48. The molecule has 110 valence electrons. The zero-order valence-electron chi connectivity index (χ0n) is 11.3.